The van der Waals surface area contributed by atoms with Gasteiger partial charge in [-0.25, -0.2) is 9.59 Å². The summed E-state index contributed by atoms with van der Waals surface area (Å²) in [7, 11) is 0. The standard InChI is InChI=1S/C21H21NO5S/c1-13(23)28-11-10-19(20(24)25)22-21(26)27-12-18-16-8-4-2-6-14(16)15-7-3-5-9-17(15)18/h2-9,18-19H,10-12H2,1H3,(H,22,26)(H,24,25). The van der Waals surface area contributed by atoms with E-state index in [-0.39, 0.29) is 24.1 Å². The maximum absolute atomic E-state index is 12.2. The first-order valence-electron chi connectivity index (χ1n) is 8.95. The first kappa shape index (κ1) is 19.9. The maximum Gasteiger partial charge on any atom is 0.407 e. The van der Waals surface area contributed by atoms with Crippen LogP contribution in [-0.4, -0.2) is 40.7 Å². The van der Waals surface area contributed by atoms with E-state index in [0.29, 0.717) is 5.75 Å². The van der Waals surface area contributed by atoms with Gasteiger partial charge in [0.05, 0.1) is 0 Å². The molecular formula is C21H21NO5S. The Morgan fingerprint density at radius 1 is 1.07 bits per heavy atom. The zero-order valence-electron chi connectivity index (χ0n) is 15.4. The van der Waals surface area contributed by atoms with Gasteiger partial charge in [0.25, 0.3) is 0 Å². The van der Waals surface area contributed by atoms with Crippen molar-refractivity contribution in [1.82, 2.24) is 5.32 Å². The van der Waals surface area contributed by atoms with Crippen LogP contribution in [0.5, 0.6) is 0 Å². The topological polar surface area (TPSA) is 92.7 Å². The van der Waals surface area contributed by atoms with Gasteiger partial charge in [0, 0.05) is 18.6 Å². The van der Waals surface area contributed by atoms with Crippen LogP contribution in [0.25, 0.3) is 11.1 Å². The Labute approximate surface area is 167 Å². The second kappa shape index (κ2) is 8.93. The number of amides is 1. The lowest BCUT2D eigenvalue weighted by atomic mass is 9.98. The molecule has 7 heteroatoms. The number of hydrogen-bond donors (Lipinski definition) is 2. The van der Waals surface area contributed by atoms with Crippen molar-refractivity contribution < 1.29 is 24.2 Å². The van der Waals surface area contributed by atoms with Gasteiger partial charge < -0.3 is 15.2 Å². The lowest BCUT2D eigenvalue weighted by molar-refractivity contribution is -0.139. The van der Waals surface area contributed by atoms with Crippen molar-refractivity contribution in [2.75, 3.05) is 12.4 Å². The number of carbonyl (C=O) groups is 3. The molecule has 0 aliphatic heterocycles. The van der Waals surface area contributed by atoms with Gasteiger partial charge in [-0.15, -0.1) is 0 Å². The molecule has 0 fully saturated rings. The van der Waals surface area contributed by atoms with Crippen LogP contribution in [0.3, 0.4) is 0 Å². The third-order valence-electron chi connectivity index (χ3n) is 4.65. The summed E-state index contributed by atoms with van der Waals surface area (Å²) < 4.78 is 5.36. The van der Waals surface area contributed by atoms with Gasteiger partial charge >= 0.3 is 12.1 Å². The van der Waals surface area contributed by atoms with Crippen LogP contribution in [-0.2, 0) is 14.3 Å². The molecule has 0 spiro atoms. The van der Waals surface area contributed by atoms with Gasteiger partial charge in [-0.05, 0) is 28.7 Å². The molecular weight excluding hydrogens is 378 g/mol. The third kappa shape index (κ3) is 4.54. The first-order valence-corrected chi connectivity index (χ1v) is 9.93. The third-order valence-corrected chi connectivity index (χ3v) is 5.49. The number of fused-ring (bicyclic) bond motifs is 3. The van der Waals surface area contributed by atoms with E-state index in [1.54, 1.807) is 0 Å². The summed E-state index contributed by atoms with van der Waals surface area (Å²) >= 11 is 1.03. The van der Waals surface area contributed by atoms with Gasteiger partial charge in [-0.2, -0.15) is 0 Å². The molecule has 0 saturated heterocycles. The van der Waals surface area contributed by atoms with Crippen LogP contribution in [0.1, 0.15) is 30.4 Å². The Morgan fingerprint density at radius 2 is 1.64 bits per heavy atom. The number of benzene rings is 2. The first-order chi connectivity index (χ1) is 13.5. The number of rotatable bonds is 7. The lowest BCUT2D eigenvalue weighted by Crippen LogP contribution is -2.41. The number of carboxylic acid groups (broad SMARTS) is 1. The molecule has 0 radical (unpaired) electrons. The summed E-state index contributed by atoms with van der Waals surface area (Å²) in [5, 5.41) is 11.5. The number of ether oxygens (including phenoxy) is 1. The van der Waals surface area contributed by atoms with Crippen molar-refractivity contribution in [3.63, 3.8) is 0 Å². The Morgan fingerprint density at radius 3 is 2.18 bits per heavy atom. The molecule has 2 aromatic rings. The number of aliphatic carboxylic acids is 1. The zero-order valence-corrected chi connectivity index (χ0v) is 16.2. The van der Waals surface area contributed by atoms with Crippen LogP contribution in [0.2, 0.25) is 0 Å². The molecule has 2 N–H and O–H groups in total. The van der Waals surface area contributed by atoms with Crippen LogP contribution >= 0.6 is 11.8 Å². The van der Waals surface area contributed by atoms with Crippen molar-refractivity contribution in [3.8, 4) is 11.1 Å². The smallest absolute Gasteiger partial charge is 0.407 e. The summed E-state index contributed by atoms with van der Waals surface area (Å²) in [6.45, 7) is 1.54. The van der Waals surface area contributed by atoms with Crippen LogP contribution < -0.4 is 5.32 Å². The van der Waals surface area contributed by atoms with E-state index in [1.165, 1.54) is 6.92 Å². The zero-order chi connectivity index (χ0) is 20.1. The normalized spacial score (nSPS) is 13.3. The van der Waals surface area contributed by atoms with Crippen LogP contribution in [0, 0.1) is 0 Å². The highest BCUT2D eigenvalue weighted by atomic mass is 32.2. The van der Waals surface area contributed by atoms with Crippen molar-refractivity contribution in [3.05, 3.63) is 59.7 Å². The number of carboxylic acids is 1. The fourth-order valence-corrected chi connectivity index (χ4v) is 4.00. The molecule has 1 amide bonds. The van der Waals surface area contributed by atoms with Gasteiger partial charge in [0.1, 0.15) is 12.6 Å². The van der Waals surface area contributed by atoms with Crippen molar-refractivity contribution in [1.29, 1.82) is 0 Å². The van der Waals surface area contributed by atoms with Crippen LogP contribution in [0.15, 0.2) is 48.5 Å². The molecule has 0 bridgehead atoms. The molecule has 146 valence electrons. The summed E-state index contributed by atoms with van der Waals surface area (Å²) in [4.78, 5) is 34.5. The van der Waals surface area contributed by atoms with E-state index in [0.717, 1.165) is 34.0 Å². The van der Waals surface area contributed by atoms with Crippen LogP contribution in [0.4, 0.5) is 4.79 Å². The second-order valence-corrected chi connectivity index (χ2v) is 7.76. The van der Waals surface area contributed by atoms with E-state index < -0.39 is 18.1 Å². The van der Waals surface area contributed by atoms with E-state index >= 15 is 0 Å². The number of hydrogen-bond acceptors (Lipinski definition) is 5. The Kier molecular flexibility index (Phi) is 6.36. The Balaban J connectivity index is 1.62. The average Bonchev–Trinajstić information content (AvgIpc) is 2.99. The molecule has 0 saturated carbocycles. The molecule has 0 aromatic heterocycles. The van der Waals surface area contributed by atoms with E-state index in [9.17, 15) is 19.5 Å². The highest BCUT2D eigenvalue weighted by molar-refractivity contribution is 8.13. The minimum atomic E-state index is -1.15. The van der Waals surface area contributed by atoms with Gasteiger partial charge in [-0.1, -0.05) is 60.3 Å². The highest BCUT2D eigenvalue weighted by Crippen LogP contribution is 2.44. The molecule has 1 aliphatic carbocycles. The second-order valence-electron chi connectivity index (χ2n) is 6.49. The molecule has 28 heavy (non-hydrogen) atoms. The number of carbonyl (C=O) groups excluding carboxylic acids is 2. The van der Waals surface area contributed by atoms with Crippen molar-refractivity contribution in [2.45, 2.75) is 25.3 Å². The van der Waals surface area contributed by atoms with Gasteiger partial charge in [0.15, 0.2) is 5.12 Å². The number of thioether (sulfide) groups is 1. The highest BCUT2D eigenvalue weighted by Gasteiger charge is 2.29. The predicted octanol–water partition coefficient (Wildman–Crippen LogP) is 3.65. The molecule has 1 unspecified atom stereocenters. The summed E-state index contributed by atoms with van der Waals surface area (Å²) in [6.07, 6.45) is -0.633. The number of nitrogens with one attached hydrogen (secondary N) is 1. The molecule has 1 atom stereocenters. The molecule has 1 aliphatic rings. The molecule has 2 aromatic carbocycles. The predicted molar refractivity (Wildman–Crippen MR) is 107 cm³/mol. The lowest BCUT2D eigenvalue weighted by Gasteiger charge is -2.17. The van der Waals surface area contributed by atoms with E-state index in [1.807, 2.05) is 48.5 Å². The molecule has 3 rings (SSSR count). The summed E-state index contributed by atoms with van der Waals surface area (Å²) in [5.41, 5.74) is 4.42. The van der Waals surface area contributed by atoms with Gasteiger partial charge in [0.2, 0.25) is 0 Å². The SMILES string of the molecule is CC(=O)SCCC(NC(=O)OCC1c2ccccc2-c2ccccc21)C(=O)O. The minimum Gasteiger partial charge on any atom is -0.480 e. The summed E-state index contributed by atoms with van der Waals surface area (Å²) in [5.74, 6) is -0.928. The average molecular weight is 399 g/mol. The minimum absolute atomic E-state index is 0.0882. The van der Waals surface area contributed by atoms with Crippen molar-refractivity contribution >= 4 is 28.9 Å². The monoisotopic (exact) mass is 399 g/mol. The summed E-state index contributed by atoms with van der Waals surface area (Å²) in [6, 6.07) is 14.9. The Bertz CT molecular complexity index is 852. The quantitative estimate of drug-likeness (QED) is 0.738. The Hall–Kier alpha value is -2.80. The van der Waals surface area contributed by atoms with Crippen molar-refractivity contribution in [2.24, 2.45) is 0 Å². The number of alkyl carbamates (subject to hydrolysis) is 1. The maximum atomic E-state index is 12.2. The molecule has 6 nitrogen and oxygen atoms in total. The fraction of sp³-hybridized carbons (Fsp3) is 0.286. The largest absolute Gasteiger partial charge is 0.480 e. The van der Waals surface area contributed by atoms with E-state index in [2.05, 4.69) is 5.32 Å². The fourth-order valence-electron chi connectivity index (χ4n) is 3.36. The van der Waals surface area contributed by atoms with Gasteiger partial charge in [-0.3, -0.25) is 4.79 Å². The van der Waals surface area contributed by atoms with E-state index in [4.69, 9.17) is 4.74 Å². The molecule has 0 heterocycles.